The molecule has 154 valence electrons. The van der Waals surface area contributed by atoms with Crippen LogP contribution in [0.3, 0.4) is 0 Å². The Morgan fingerprint density at radius 2 is 1.93 bits per heavy atom. The number of hydrogen-bond acceptors (Lipinski definition) is 4. The molecular formula is C20H29N3O4S. The number of rotatable bonds is 9. The number of nitrogens with one attached hydrogen (secondary N) is 2. The molecule has 3 rings (SSSR count). The van der Waals surface area contributed by atoms with E-state index in [2.05, 4.69) is 27.6 Å². The quantitative estimate of drug-likeness (QED) is 0.621. The van der Waals surface area contributed by atoms with Crippen LogP contribution in [0.25, 0.3) is 10.9 Å². The monoisotopic (exact) mass is 407 g/mol. The lowest BCUT2D eigenvalue weighted by Crippen LogP contribution is -2.29. The van der Waals surface area contributed by atoms with Crippen LogP contribution < -0.4 is 10.0 Å². The molecule has 0 unspecified atom stereocenters. The van der Waals surface area contributed by atoms with Crippen LogP contribution in [-0.4, -0.2) is 51.5 Å². The van der Waals surface area contributed by atoms with Gasteiger partial charge in [0.2, 0.25) is 10.0 Å². The third-order valence-corrected chi connectivity index (χ3v) is 5.83. The Kier molecular flexibility index (Phi) is 6.74. The molecule has 1 aliphatic carbocycles. The second-order valence-corrected chi connectivity index (χ2v) is 8.98. The maximum Gasteiger partial charge on any atom is 0.251 e. The van der Waals surface area contributed by atoms with Crippen molar-refractivity contribution in [2.24, 2.45) is 0 Å². The van der Waals surface area contributed by atoms with E-state index in [9.17, 15) is 13.2 Å². The van der Waals surface area contributed by atoms with E-state index in [0.717, 1.165) is 25.6 Å². The number of aryl methyl sites for hydroxylation is 2. The third kappa shape index (κ3) is 4.92. The Morgan fingerprint density at radius 3 is 2.68 bits per heavy atom. The van der Waals surface area contributed by atoms with Gasteiger partial charge in [0, 0.05) is 41.8 Å². The highest BCUT2D eigenvalue weighted by Gasteiger charge is 2.20. The standard InChI is InChI=1S/C20H29N3O4S/c1-3-23-18-7-5-4-6-16(18)17-14-15(8-9-19(17)23)20(24)21-10-12-27-13-11-22-28(2,25)26/h8-9,14,22H,3-7,10-13H2,1-2H3,(H,21,24). The Labute approximate surface area is 166 Å². The first-order valence-corrected chi connectivity index (χ1v) is 11.7. The largest absolute Gasteiger partial charge is 0.378 e. The molecule has 0 radical (unpaired) electrons. The van der Waals surface area contributed by atoms with Crippen molar-refractivity contribution in [3.05, 3.63) is 35.0 Å². The van der Waals surface area contributed by atoms with E-state index >= 15 is 0 Å². The number of carbonyl (C=O) groups is 1. The second kappa shape index (κ2) is 9.07. The van der Waals surface area contributed by atoms with Crippen LogP contribution in [0.2, 0.25) is 0 Å². The van der Waals surface area contributed by atoms with Crippen LogP contribution in [-0.2, 0) is 34.1 Å². The highest BCUT2D eigenvalue weighted by Crippen LogP contribution is 2.32. The number of amides is 1. The van der Waals surface area contributed by atoms with Crippen molar-refractivity contribution >= 4 is 26.8 Å². The summed E-state index contributed by atoms with van der Waals surface area (Å²) in [6, 6.07) is 5.95. The van der Waals surface area contributed by atoms with E-state index in [4.69, 9.17) is 4.74 Å². The smallest absolute Gasteiger partial charge is 0.251 e. The minimum absolute atomic E-state index is 0.117. The third-order valence-electron chi connectivity index (χ3n) is 5.10. The molecule has 1 aliphatic rings. The Hall–Kier alpha value is -1.90. The van der Waals surface area contributed by atoms with Gasteiger partial charge in [-0.15, -0.1) is 0 Å². The molecule has 0 spiro atoms. The molecule has 1 heterocycles. The number of aromatic nitrogens is 1. The molecule has 0 aliphatic heterocycles. The number of benzene rings is 1. The fourth-order valence-corrected chi connectivity index (χ4v) is 4.33. The summed E-state index contributed by atoms with van der Waals surface area (Å²) in [5, 5.41) is 4.06. The normalized spacial score (nSPS) is 14.2. The first-order valence-electron chi connectivity index (χ1n) is 9.85. The van der Waals surface area contributed by atoms with E-state index in [-0.39, 0.29) is 19.1 Å². The van der Waals surface area contributed by atoms with Gasteiger partial charge in [-0.25, -0.2) is 13.1 Å². The molecule has 1 aromatic heterocycles. The van der Waals surface area contributed by atoms with Gasteiger partial charge in [-0.3, -0.25) is 4.79 Å². The lowest BCUT2D eigenvalue weighted by molar-refractivity contribution is 0.0919. The molecule has 0 bridgehead atoms. The SMILES string of the molecule is CCn1c2c(c3cc(C(=O)NCCOCCNS(C)(=O)=O)ccc31)CCCC2. The molecule has 8 heteroatoms. The summed E-state index contributed by atoms with van der Waals surface area (Å²) in [7, 11) is -3.19. The molecule has 0 fully saturated rings. The molecule has 2 N–H and O–H groups in total. The molecular weight excluding hydrogens is 378 g/mol. The van der Waals surface area contributed by atoms with E-state index < -0.39 is 10.0 Å². The van der Waals surface area contributed by atoms with Gasteiger partial charge in [-0.2, -0.15) is 0 Å². The maximum atomic E-state index is 12.5. The summed E-state index contributed by atoms with van der Waals surface area (Å²) in [5.74, 6) is -0.117. The Bertz CT molecular complexity index is 950. The van der Waals surface area contributed by atoms with Gasteiger partial charge in [0.15, 0.2) is 0 Å². The van der Waals surface area contributed by atoms with E-state index in [1.807, 2.05) is 12.1 Å². The minimum Gasteiger partial charge on any atom is -0.378 e. The first-order chi connectivity index (χ1) is 13.4. The molecule has 1 aromatic carbocycles. The minimum atomic E-state index is -3.19. The zero-order chi connectivity index (χ0) is 20.1. The first kappa shape index (κ1) is 20.8. The molecule has 2 aromatic rings. The highest BCUT2D eigenvalue weighted by atomic mass is 32.2. The molecule has 0 saturated carbocycles. The number of carbonyl (C=O) groups excluding carboxylic acids is 1. The van der Waals surface area contributed by atoms with Crippen molar-refractivity contribution in [1.82, 2.24) is 14.6 Å². The van der Waals surface area contributed by atoms with Crippen LogP contribution >= 0.6 is 0 Å². The summed E-state index contributed by atoms with van der Waals surface area (Å²) in [5.41, 5.74) is 4.71. The topological polar surface area (TPSA) is 89.4 Å². The maximum absolute atomic E-state index is 12.5. The number of sulfonamides is 1. The van der Waals surface area contributed by atoms with Crippen LogP contribution in [0.1, 0.15) is 41.4 Å². The molecule has 28 heavy (non-hydrogen) atoms. The molecule has 0 saturated heterocycles. The molecule has 1 amide bonds. The van der Waals surface area contributed by atoms with Gasteiger partial charge in [-0.05, 0) is 56.4 Å². The van der Waals surface area contributed by atoms with Crippen molar-refractivity contribution in [1.29, 1.82) is 0 Å². The van der Waals surface area contributed by atoms with Crippen molar-refractivity contribution in [3.63, 3.8) is 0 Å². The second-order valence-electron chi connectivity index (χ2n) is 7.14. The van der Waals surface area contributed by atoms with Crippen molar-refractivity contribution in [2.75, 3.05) is 32.6 Å². The van der Waals surface area contributed by atoms with Gasteiger partial charge in [0.05, 0.1) is 19.5 Å². The zero-order valence-corrected chi connectivity index (χ0v) is 17.4. The molecule has 0 atom stereocenters. The van der Waals surface area contributed by atoms with Gasteiger partial charge in [-0.1, -0.05) is 0 Å². The lowest BCUT2D eigenvalue weighted by atomic mass is 9.95. The van der Waals surface area contributed by atoms with Crippen LogP contribution in [0.15, 0.2) is 18.2 Å². The number of hydrogen-bond donors (Lipinski definition) is 2. The van der Waals surface area contributed by atoms with Gasteiger partial charge in [0.25, 0.3) is 5.91 Å². The van der Waals surface area contributed by atoms with Crippen LogP contribution in [0.4, 0.5) is 0 Å². The summed E-state index contributed by atoms with van der Waals surface area (Å²) in [4.78, 5) is 12.5. The van der Waals surface area contributed by atoms with Gasteiger partial charge < -0.3 is 14.6 Å². The predicted molar refractivity (Wildman–Crippen MR) is 110 cm³/mol. The van der Waals surface area contributed by atoms with E-state index in [1.54, 1.807) is 0 Å². The average Bonchev–Trinajstić information content (AvgIpc) is 2.99. The number of nitrogens with zero attached hydrogens (tertiary/aromatic N) is 1. The fourth-order valence-electron chi connectivity index (χ4n) is 3.88. The number of ether oxygens (including phenoxy) is 1. The van der Waals surface area contributed by atoms with Gasteiger partial charge in [0.1, 0.15) is 0 Å². The van der Waals surface area contributed by atoms with Crippen molar-refractivity contribution < 1.29 is 17.9 Å². The summed E-state index contributed by atoms with van der Waals surface area (Å²) < 4.78 is 32.0. The summed E-state index contributed by atoms with van der Waals surface area (Å²) >= 11 is 0. The highest BCUT2D eigenvalue weighted by molar-refractivity contribution is 7.88. The van der Waals surface area contributed by atoms with Crippen LogP contribution in [0, 0.1) is 0 Å². The lowest BCUT2D eigenvalue weighted by Gasteiger charge is -2.14. The summed E-state index contributed by atoms with van der Waals surface area (Å²) in [6.07, 6.45) is 5.74. The fraction of sp³-hybridized carbons (Fsp3) is 0.550. The van der Waals surface area contributed by atoms with Crippen molar-refractivity contribution in [2.45, 2.75) is 39.2 Å². The number of fused-ring (bicyclic) bond motifs is 3. The van der Waals surface area contributed by atoms with Crippen molar-refractivity contribution in [3.8, 4) is 0 Å². The Morgan fingerprint density at radius 1 is 1.18 bits per heavy atom. The molecule has 7 nitrogen and oxygen atoms in total. The Balaban J connectivity index is 1.57. The van der Waals surface area contributed by atoms with Crippen LogP contribution in [0.5, 0.6) is 0 Å². The zero-order valence-electron chi connectivity index (χ0n) is 16.6. The van der Waals surface area contributed by atoms with E-state index in [0.29, 0.717) is 18.7 Å². The predicted octanol–water partition coefficient (Wildman–Crippen LogP) is 1.84. The van der Waals surface area contributed by atoms with Gasteiger partial charge >= 0.3 is 0 Å². The van der Waals surface area contributed by atoms with E-state index in [1.165, 1.54) is 35.0 Å². The summed E-state index contributed by atoms with van der Waals surface area (Å²) in [6.45, 7) is 4.32. The average molecular weight is 408 g/mol.